The predicted molar refractivity (Wildman–Crippen MR) is 47.7 cm³/mol. The molecule has 0 amide bonds. The second-order valence-electron chi connectivity index (χ2n) is 2.89. The first-order valence-electron chi connectivity index (χ1n) is 4.03. The summed E-state index contributed by atoms with van der Waals surface area (Å²) in [4.78, 5) is 22.6. The van der Waals surface area contributed by atoms with Crippen LogP contribution in [-0.2, 0) is 11.3 Å². The van der Waals surface area contributed by atoms with E-state index in [1.165, 1.54) is 10.9 Å². The molecular formula is C8H8N4O2. The van der Waals surface area contributed by atoms with Gasteiger partial charge in [-0.3, -0.25) is 4.79 Å². The average molecular weight is 192 g/mol. The Kier molecular flexibility index (Phi) is 1.88. The van der Waals surface area contributed by atoms with Crippen molar-refractivity contribution in [1.29, 1.82) is 0 Å². The predicted octanol–water partition coefficient (Wildman–Crippen LogP) is 0.219. The van der Waals surface area contributed by atoms with Gasteiger partial charge in [-0.05, 0) is 6.92 Å². The summed E-state index contributed by atoms with van der Waals surface area (Å²) in [7, 11) is 0. The smallest absolute Gasteiger partial charge is 0.323 e. The van der Waals surface area contributed by atoms with Crippen molar-refractivity contribution < 1.29 is 9.90 Å². The van der Waals surface area contributed by atoms with Crippen molar-refractivity contribution in [3.63, 3.8) is 0 Å². The first-order valence-corrected chi connectivity index (χ1v) is 4.03. The van der Waals surface area contributed by atoms with Gasteiger partial charge in [0.15, 0.2) is 5.65 Å². The Morgan fingerprint density at radius 3 is 3.07 bits per heavy atom. The maximum Gasteiger partial charge on any atom is 0.323 e. The Balaban J connectivity index is 2.55. The van der Waals surface area contributed by atoms with Crippen LogP contribution in [0.5, 0.6) is 0 Å². The molecule has 0 saturated heterocycles. The van der Waals surface area contributed by atoms with E-state index in [4.69, 9.17) is 5.11 Å². The number of aromatic nitrogens is 4. The van der Waals surface area contributed by atoms with Gasteiger partial charge in [0.25, 0.3) is 0 Å². The van der Waals surface area contributed by atoms with Crippen molar-refractivity contribution in [2.24, 2.45) is 0 Å². The van der Waals surface area contributed by atoms with Gasteiger partial charge in [0, 0.05) is 0 Å². The number of fused-ring (bicyclic) bond motifs is 1. The van der Waals surface area contributed by atoms with Crippen LogP contribution in [0.2, 0.25) is 0 Å². The van der Waals surface area contributed by atoms with E-state index < -0.39 is 5.97 Å². The topological polar surface area (TPSA) is 80.9 Å². The highest BCUT2D eigenvalue weighted by Gasteiger charge is 2.07. The van der Waals surface area contributed by atoms with Crippen LogP contribution >= 0.6 is 0 Å². The second-order valence-corrected chi connectivity index (χ2v) is 2.89. The average Bonchev–Trinajstić information content (AvgIpc) is 2.47. The quantitative estimate of drug-likeness (QED) is 0.736. The summed E-state index contributed by atoms with van der Waals surface area (Å²) in [5.41, 5.74) is 1.16. The van der Waals surface area contributed by atoms with Crippen LogP contribution < -0.4 is 0 Å². The number of aryl methyl sites for hydroxylation is 1. The number of carbonyl (C=O) groups is 1. The van der Waals surface area contributed by atoms with Crippen molar-refractivity contribution in [2.45, 2.75) is 13.5 Å². The molecule has 0 aromatic carbocycles. The molecule has 0 radical (unpaired) electrons. The van der Waals surface area contributed by atoms with E-state index in [-0.39, 0.29) is 6.54 Å². The molecule has 0 saturated carbocycles. The number of nitrogens with zero attached hydrogens (tertiary/aromatic N) is 4. The molecule has 2 aromatic rings. The fourth-order valence-corrected chi connectivity index (χ4v) is 1.20. The van der Waals surface area contributed by atoms with Crippen LogP contribution in [0, 0.1) is 6.92 Å². The van der Waals surface area contributed by atoms with Gasteiger partial charge in [-0.15, -0.1) is 0 Å². The third-order valence-electron chi connectivity index (χ3n) is 1.78. The van der Waals surface area contributed by atoms with Gasteiger partial charge in [0.05, 0.1) is 12.5 Å². The highest BCUT2D eigenvalue weighted by Crippen LogP contribution is 2.08. The molecule has 0 spiro atoms. The second kappa shape index (κ2) is 3.06. The van der Waals surface area contributed by atoms with Crippen molar-refractivity contribution in [3.05, 3.63) is 18.3 Å². The highest BCUT2D eigenvalue weighted by molar-refractivity contribution is 5.73. The minimum Gasteiger partial charge on any atom is -0.480 e. The van der Waals surface area contributed by atoms with Crippen molar-refractivity contribution >= 4 is 17.1 Å². The van der Waals surface area contributed by atoms with Gasteiger partial charge < -0.3 is 9.67 Å². The lowest BCUT2D eigenvalue weighted by Gasteiger charge is -1.98. The summed E-state index contributed by atoms with van der Waals surface area (Å²) in [5.74, 6) is -0.315. The Bertz CT molecular complexity index is 491. The van der Waals surface area contributed by atoms with E-state index in [9.17, 15) is 4.79 Å². The van der Waals surface area contributed by atoms with Gasteiger partial charge in [-0.2, -0.15) is 0 Å². The number of carboxylic acids is 1. The van der Waals surface area contributed by atoms with Crippen LogP contribution in [0.1, 0.15) is 5.82 Å². The molecule has 14 heavy (non-hydrogen) atoms. The van der Waals surface area contributed by atoms with Crippen LogP contribution in [0.25, 0.3) is 11.2 Å². The Morgan fingerprint density at radius 1 is 1.57 bits per heavy atom. The third-order valence-corrected chi connectivity index (χ3v) is 1.78. The summed E-state index contributed by atoms with van der Waals surface area (Å²) in [6.45, 7) is 1.62. The van der Waals surface area contributed by atoms with Gasteiger partial charge in [0.2, 0.25) is 0 Å². The normalized spacial score (nSPS) is 10.6. The van der Waals surface area contributed by atoms with Crippen LogP contribution in [0.15, 0.2) is 12.5 Å². The fourth-order valence-electron chi connectivity index (χ4n) is 1.20. The van der Waals surface area contributed by atoms with Gasteiger partial charge in [-0.1, -0.05) is 0 Å². The first kappa shape index (κ1) is 8.61. The van der Waals surface area contributed by atoms with Gasteiger partial charge in [-0.25, -0.2) is 15.0 Å². The number of hydrogen-bond donors (Lipinski definition) is 1. The molecule has 0 unspecified atom stereocenters. The zero-order valence-corrected chi connectivity index (χ0v) is 7.51. The molecule has 6 heteroatoms. The molecule has 6 nitrogen and oxygen atoms in total. The molecule has 0 aliphatic carbocycles. The zero-order valence-electron chi connectivity index (χ0n) is 7.51. The molecule has 72 valence electrons. The SMILES string of the molecule is Cc1ncc2ncn(CC(=O)O)c2n1. The molecule has 0 aliphatic rings. The molecule has 2 rings (SSSR count). The molecule has 2 heterocycles. The van der Waals surface area contributed by atoms with Gasteiger partial charge >= 0.3 is 5.97 Å². The Labute approximate surface area is 79.2 Å². The summed E-state index contributed by atoms with van der Waals surface area (Å²) < 4.78 is 1.48. The van der Waals surface area contributed by atoms with Crippen molar-refractivity contribution in [3.8, 4) is 0 Å². The van der Waals surface area contributed by atoms with Crippen molar-refractivity contribution in [2.75, 3.05) is 0 Å². The molecule has 0 atom stereocenters. The molecule has 0 bridgehead atoms. The maximum absolute atomic E-state index is 10.5. The summed E-state index contributed by atoms with van der Waals surface area (Å²) in [6, 6.07) is 0. The van der Waals surface area contributed by atoms with E-state index >= 15 is 0 Å². The summed E-state index contributed by atoms with van der Waals surface area (Å²) in [6.07, 6.45) is 3.03. The maximum atomic E-state index is 10.5. The lowest BCUT2D eigenvalue weighted by Crippen LogP contribution is -2.08. The van der Waals surface area contributed by atoms with E-state index in [2.05, 4.69) is 15.0 Å². The number of carboxylic acid groups (broad SMARTS) is 1. The minimum atomic E-state index is -0.916. The lowest BCUT2D eigenvalue weighted by molar-refractivity contribution is -0.137. The summed E-state index contributed by atoms with van der Waals surface area (Å²) in [5, 5.41) is 8.62. The monoisotopic (exact) mass is 192 g/mol. The Morgan fingerprint density at radius 2 is 2.36 bits per heavy atom. The third kappa shape index (κ3) is 1.41. The molecule has 0 fully saturated rings. The first-order chi connectivity index (χ1) is 6.66. The number of rotatable bonds is 2. The zero-order chi connectivity index (χ0) is 10.1. The van der Waals surface area contributed by atoms with Crippen LogP contribution in [-0.4, -0.2) is 30.6 Å². The molecule has 1 N–H and O–H groups in total. The number of imidazole rings is 1. The fraction of sp³-hybridized carbons (Fsp3) is 0.250. The van der Waals surface area contributed by atoms with Crippen molar-refractivity contribution in [1.82, 2.24) is 19.5 Å². The molecule has 2 aromatic heterocycles. The van der Waals surface area contributed by atoms with E-state index in [0.29, 0.717) is 17.0 Å². The standard InChI is InChI=1S/C8H8N4O2/c1-5-9-2-6-8(11-5)12(4-10-6)3-7(13)14/h2,4H,3H2,1H3,(H,13,14). The van der Waals surface area contributed by atoms with Crippen LogP contribution in [0.3, 0.4) is 0 Å². The lowest BCUT2D eigenvalue weighted by atomic mass is 10.5. The largest absolute Gasteiger partial charge is 0.480 e. The summed E-state index contributed by atoms with van der Waals surface area (Å²) >= 11 is 0. The Hall–Kier alpha value is -1.98. The number of hydrogen-bond acceptors (Lipinski definition) is 4. The minimum absolute atomic E-state index is 0.132. The van der Waals surface area contributed by atoms with E-state index in [1.54, 1.807) is 13.1 Å². The molecule has 0 aliphatic heterocycles. The van der Waals surface area contributed by atoms with Gasteiger partial charge in [0.1, 0.15) is 17.9 Å². The number of aliphatic carboxylic acids is 1. The van der Waals surface area contributed by atoms with E-state index in [1.807, 2.05) is 0 Å². The highest BCUT2D eigenvalue weighted by atomic mass is 16.4. The molecular weight excluding hydrogens is 184 g/mol. The van der Waals surface area contributed by atoms with Crippen LogP contribution in [0.4, 0.5) is 0 Å². The van der Waals surface area contributed by atoms with E-state index in [0.717, 1.165) is 0 Å².